The van der Waals surface area contributed by atoms with Gasteiger partial charge in [-0.05, 0) is 65.0 Å². The van der Waals surface area contributed by atoms with Crippen LogP contribution >= 0.6 is 0 Å². The Morgan fingerprint density at radius 3 is 2.24 bits per heavy atom. The molecule has 130 valence electrons. The summed E-state index contributed by atoms with van der Waals surface area (Å²) in [5.41, 5.74) is 5.86. The molecular weight excluding hydrogens is 306 g/mol. The van der Waals surface area contributed by atoms with Crippen molar-refractivity contribution in [1.82, 2.24) is 4.98 Å². The fraction of sp³-hybridized carbons (Fsp3) is 0.348. The van der Waals surface area contributed by atoms with Crippen molar-refractivity contribution in [3.05, 3.63) is 81.1 Å². The average molecular weight is 333 g/mol. The van der Waals surface area contributed by atoms with Gasteiger partial charge >= 0.3 is 0 Å². The second-order valence-corrected chi connectivity index (χ2v) is 7.33. The first-order valence-corrected chi connectivity index (χ1v) is 9.22. The third-order valence-electron chi connectivity index (χ3n) is 5.08. The van der Waals surface area contributed by atoms with Gasteiger partial charge in [-0.2, -0.15) is 0 Å². The van der Waals surface area contributed by atoms with E-state index >= 15 is 0 Å². The van der Waals surface area contributed by atoms with Crippen LogP contribution in [-0.4, -0.2) is 4.98 Å². The first-order valence-electron chi connectivity index (χ1n) is 9.22. The van der Waals surface area contributed by atoms with Crippen LogP contribution < -0.4 is 5.56 Å². The standard InChI is InChI=1S/C23H27NO/c1-5-18-14-21-13-17(6-11-22(21)24-23(18)25)12-16(4)20-9-7-19(8-10-20)15(2)3/h6-11,13-16H,5,12H2,1-4H3,(H,24,25). The highest BCUT2D eigenvalue weighted by atomic mass is 16.1. The zero-order valence-electron chi connectivity index (χ0n) is 15.6. The van der Waals surface area contributed by atoms with Gasteiger partial charge in [0.2, 0.25) is 0 Å². The van der Waals surface area contributed by atoms with E-state index in [1.807, 2.05) is 19.1 Å². The quantitative estimate of drug-likeness (QED) is 0.651. The van der Waals surface area contributed by atoms with Gasteiger partial charge in [0.25, 0.3) is 5.56 Å². The minimum Gasteiger partial charge on any atom is -0.322 e. The molecule has 0 aliphatic rings. The van der Waals surface area contributed by atoms with E-state index in [0.29, 0.717) is 11.8 Å². The Bertz CT molecular complexity index is 919. The molecule has 0 bridgehead atoms. The number of aromatic amines is 1. The molecule has 0 fully saturated rings. The van der Waals surface area contributed by atoms with Crippen molar-refractivity contribution in [2.45, 2.75) is 52.4 Å². The van der Waals surface area contributed by atoms with Crippen molar-refractivity contribution in [2.75, 3.05) is 0 Å². The molecule has 1 unspecified atom stereocenters. The maximum atomic E-state index is 11.9. The minimum absolute atomic E-state index is 0.0290. The number of hydrogen-bond donors (Lipinski definition) is 1. The Kier molecular flexibility index (Phi) is 5.08. The van der Waals surface area contributed by atoms with E-state index in [2.05, 4.69) is 62.2 Å². The molecule has 2 nitrogen and oxygen atoms in total. The van der Waals surface area contributed by atoms with E-state index in [1.54, 1.807) is 0 Å². The maximum absolute atomic E-state index is 11.9. The van der Waals surface area contributed by atoms with Crippen LogP contribution in [0.15, 0.2) is 53.3 Å². The van der Waals surface area contributed by atoms with Gasteiger partial charge < -0.3 is 4.98 Å². The Morgan fingerprint density at radius 1 is 0.920 bits per heavy atom. The molecule has 3 rings (SSSR count). The highest BCUT2D eigenvalue weighted by Crippen LogP contribution is 2.24. The average Bonchev–Trinajstić information content (AvgIpc) is 2.61. The van der Waals surface area contributed by atoms with Crippen LogP contribution in [0.2, 0.25) is 0 Å². The number of aryl methyl sites for hydroxylation is 1. The van der Waals surface area contributed by atoms with Crippen LogP contribution in [-0.2, 0) is 12.8 Å². The van der Waals surface area contributed by atoms with Crippen LogP contribution in [0.5, 0.6) is 0 Å². The van der Waals surface area contributed by atoms with Crippen molar-refractivity contribution < 1.29 is 0 Å². The van der Waals surface area contributed by atoms with Crippen molar-refractivity contribution in [1.29, 1.82) is 0 Å². The van der Waals surface area contributed by atoms with Crippen molar-refractivity contribution in [2.24, 2.45) is 0 Å². The normalized spacial score (nSPS) is 12.7. The third-order valence-corrected chi connectivity index (χ3v) is 5.08. The summed E-state index contributed by atoms with van der Waals surface area (Å²) in [6, 6.07) is 17.4. The predicted octanol–water partition coefficient (Wildman–Crippen LogP) is 5.56. The highest BCUT2D eigenvalue weighted by Gasteiger charge is 2.09. The first kappa shape index (κ1) is 17.5. The number of pyridine rings is 1. The fourth-order valence-electron chi connectivity index (χ4n) is 3.37. The molecule has 0 aliphatic heterocycles. The zero-order chi connectivity index (χ0) is 18.0. The smallest absolute Gasteiger partial charge is 0.251 e. The summed E-state index contributed by atoms with van der Waals surface area (Å²) in [5.74, 6) is 1.03. The van der Waals surface area contributed by atoms with Gasteiger partial charge in [0, 0.05) is 11.1 Å². The summed E-state index contributed by atoms with van der Waals surface area (Å²) in [5, 5.41) is 1.12. The summed E-state index contributed by atoms with van der Waals surface area (Å²) < 4.78 is 0. The Hall–Kier alpha value is -2.35. The van der Waals surface area contributed by atoms with Crippen molar-refractivity contribution in [3.8, 4) is 0 Å². The zero-order valence-corrected chi connectivity index (χ0v) is 15.6. The number of benzene rings is 2. The molecule has 0 radical (unpaired) electrons. The van der Waals surface area contributed by atoms with Crippen LogP contribution in [0.3, 0.4) is 0 Å². The highest BCUT2D eigenvalue weighted by molar-refractivity contribution is 5.79. The van der Waals surface area contributed by atoms with Crippen molar-refractivity contribution >= 4 is 10.9 Å². The molecule has 0 saturated heterocycles. The molecule has 1 heterocycles. The third kappa shape index (κ3) is 3.84. The Morgan fingerprint density at radius 2 is 1.60 bits per heavy atom. The monoisotopic (exact) mass is 333 g/mol. The molecule has 0 amide bonds. The Balaban J connectivity index is 1.84. The van der Waals surface area contributed by atoms with Gasteiger partial charge in [-0.15, -0.1) is 0 Å². The first-order chi connectivity index (χ1) is 12.0. The van der Waals surface area contributed by atoms with Crippen LogP contribution in [0.4, 0.5) is 0 Å². The predicted molar refractivity (Wildman–Crippen MR) is 107 cm³/mol. The molecule has 0 spiro atoms. The second kappa shape index (κ2) is 7.26. The summed E-state index contributed by atoms with van der Waals surface area (Å²) in [4.78, 5) is 14.9. The lowest BCUT2D eigenvalue weighted by molar-refractivity contribution is 0.757. The second-order valence-electron chi connectivity index (χ2n) is 7.33. The minimum atomic E-state index is 0.0290. The van der Waals surface area contributed by atoms with E-state index in [-0.39, 0.29) is 5.56 Å². The summed E-state index contributed by atoms with van der Waals surface area (Å²) in [6.07, 6.45) is 1.76. The van der Waals surface area contributed by atoms with E-state index < -0.39 is 0 Å². The molecule has 1 atom stereocenters. The number of H-pyrrole nitrogens is 1. The number of hydrogen-bond acceptors (Lipinski definition) is 1. The lowest BCUT2D eigenvalue weighted by Gasteiger charge is -2.14. The molecule has 2 aromatic carbocycles. The summed E-state index contributed by atoms with van der Waals surface area (Å²) in [6.45, 7) is 8.74. The van der Waals surface area contributed by atoms with Gasteiger partial charge in [0.1, 0.15) is 0 Å². The molecule has 3 aromatic rings. The van der Waals surface area contributed by atoms with Gasteiger partial charge in [-0.3, -0.25) is 4.79 Å². The van der Waals surface area contributed by atoms with Crippen LogP contribution in [0.1, 0.15) is 61.8 Å². The Labute approximate surface area is 149 Å². The molecule has 0 aliphatic carbocycles. The fourth-order valence-corrected chi connectivity index (χ4v) is 3.37. The van der Waals surface area contributed by atoms with Gasteiger partial charge in [-0.1, -0.05) is 58.0 Å². The van der Waals surface area contributed by atoms with Gasteiger partial charge in [-0.25, -0.2) is 0 Å². The SMILES string of the molecule is CCc1cc2cc(CC(C)c3ccc(C(C)C)cc3)ccc2[nH]c1=O. The number of nitrogens with one attached hydrogen (secondary N) is 1. The molecule has 1 aromatic heterocycles. The number of fused-ring (bicyclic) bond motifs is 1. The summed E-state index contributed by atoms with van der Waals surface area (Å²) in [7, 11) is 0. The molecule has 25 heavy (non-hydrogen) atoms. The van der Waals surface area contributed by atoms with E-state index in [1.165, 1.54) is 16.7 Å². The molecule has 1 N–H and O–H groups in total. The van der Waals surface area contributed by atoms with Crippen molar-refractivity contribution in [3.63, 3.8) is 0 Å². The molecule has 2 heteroatoms. The van der Waals surface area contributed by atoms with Crippen LogP contribution in [0.25, 0.3) is 10.9 Å². The maximum Gasteiger partial charge on any atom is 0.251 e. The number of aromatic nitrogens is 1. The van der Waals surface area contributed by atoms with Gasteiger partial charge in [0.05, 0.1) is 0 Å². The largest absolute Gasteiger partial charge is 0.322 e. The topological polar surface area (TPSA) is 32.9 Å². The molecular formula is C23H27NO. The van der Waals surface area contributed by atoms with Gasteiger partial charge in [0.15, 0.2) is 0 Å². The lowest BCUT2D eigenvalue weighted by atomic mass is 9.91. The lowest BCUT2D eigenvalue weighted by Crippen LogP contribution is -2.11. The number of rotatable bonds is 5. The van der Waals surface area contributed by atoms with E-state index in [4.69, 9.17) is 0 Å². The molecule has 0 saturated carbocycles. The van der Waals surface area contributed by atoms with E-state index in [0.717, 1.165) is 29.3 Å². The van der Waals surface area contributed by atoms with E-state index in [9.17, 15) is 4.79 Å². The van der Waals surface area contributed by atoms with Crippen LogP contribution in [0, 0.1) is 0 Å². The summed E-state index contributed by atoms with van der Waals surface area (Å²) >= 11 is 0.